The second-order valence-electron chi connectivity index (χ2n) is 8.33. The maximum absolute atomic E-state index is 12.7. The number of hydrogen-bond donors (Lipinski definition) is 3. The number of nitrogens with one attached hydrogen (secondary N) is 3. The number of nitrogens with zero attached hydrogens (tertiary/aromatic N) is 2. The zero-order valence-electron chi connectivity index (χ0n) is 19.8. The summed E-state index contributed by atoms with van der Waals surface area (Å²) in [6.45, 7) is 2.96. The van der Waals surface area contributed by atoms with E-state index < -0.39 is 5.91 Å². The summed E-state index contributed by atoms with van der Waals surface area (Å²) in [6.07, 6.45) is 1.33. The van der Waals surface area contributed by atoms with Crippen molar-refractivity contribution in [3.05, 3.63) is 88.3 Å². The van der Waals surface area contributed by atoms with E-state index in [4.69, 9.17) is 4.74 Å². The minimum absolute atomic E-state index is 0.116. The highest BCUT2D eigenvalue weighted by molar-refractivity contribution is 6.04. The Morgan fingerprint density at radius 3 is 2.14 bits per heavy atom. The molecule has 3 aromatic rings. The van der Waals surface area contributed by atoms with Crippen molar-refractivity contribution in [3.63, 3.8) is 0 Å². The average molecular weight is 490 g/mol. The summed E-state index contributed by atoms with van der Waals surface area (Å²) < 4.78 is 5.37. The van der Waals surface area contributed by atoms with E-state index in [9.17, 15) is 19.2 Å². The van der Waals surface area contributed by atoms with Gasteiger partial charge in [-0.3, -0.25) is 19.2 Å². The number of H-pyrrole nitrogens is 1. The molecule has 1 aliphatic rings. The predicted octanol–water partition coefficient (Wildman–Crippen LogP) is 2.17. The molecule has 1 saturated heterocycles. The maximum Gasteiger partial charge on any atom is 0.257 e. The Bertz CT molecular complexity index is 1260. The Labute approximate surface area is 207 Å². The zero-order chi connectivity index (χ0) is 25.5. The number of pyridine rings is 1. The van der Waals surface area contributed by atoms with Gasteiger partial charge in [0.1, 0.15) is 0 Å². The number of aromatic amines is 1. The van der Waals surface area contributed by atoms with E-state index >= 15 is 0 Å². The van der Waals surface area contributed by atoms with Gasteiger partial charge in [0.2, 0.25) is 11.5 Å². The molecule has 0 radical (unpaired) electrons. The molecular weight excluding hydrogens is 462 g/mol. The molecule has 1 fully saturated rings. The summed E-state index contributed by atoms with van der Waals surface area (Å²) in [7, 11) is 1.55. The van der Waals surface area contributed by atoms with E-state index in [0.29, 0.717) is 35.7 Å². The fraction of sp³-hybridized carbons (Fsp3) is 0.231. The standard InChI is InChI=1S/C26H27N5O5/c1-30(17-24(33)28-20-7-9-22(10-8-20)31-12-14-36-15-13-31)26(35)18-2-5-21(6-3-18)29-25(34)19-4-11-23(32)27-16-19/h2-11,16H,12-15,17H2,1H3,(H,27,32)(H,28,33)(H,29,34). The molecule has 0 aliphatic carbocycles. The molecule has 10 nitrogen and oxygen atoms in total. The van der Waals surface area contributed by atoms with E-state index in [2.05, 4.69) is 20.5 Å². The fourth-order valence-corrected chi connectivity index (χ4v) is 3.74. The first-order valence-corrected chi connectivity index (χ1v) is 11.5. The van der Waals surface area contributed by atoms with Gasteiger partial charge in [-0.05, 0) is 54.6 Å². The number of morpholine rings is 1. The number of hydrogen-bond acceptors (Lipinski definition) is 6. The van der Waals surface area contributed by atoms with Crippen LogP contribution in [0.5, 0.6) is 0 Å². The molecule has 4 rings (SSSR count). The van der Waals surface area contributed by atoms with Crippen LogP contribution in [0.25, 0.3) is 0 Å². The molecule has 36 heavy (non-hydrogen) atoms. The van der Waals surface area contributed by atoms with Crippen molar-refractivity contribution in [2.45, 2.75) is 0 Å². The molecule has 186 valence electrons. The highest BCUT2D eigenvalue weighted by Crippen LogP contribution is 2.19. The first-order chi connectivity index (χ1) is 17.4. The van der Waals surface area contributed by atoms with Gasteiger partial charge in [0.25, 0.3) is 11.8 Å². The van der Waals surface area contributed by atoms with Crippen LogP contribution in [0.2, 0.25) is 0 Å². The van der Waals surface area contributed by atoms with E-state index in [0.717, 1.165) is 18.8 Å². The third kappa shape index (κ3) is 6.36. The van der Waals surface area contributed by atoms with Gasteiger partial charge in [-0.15, -0.1) is 0 Å². The van der Waals surface area contributed by atoms with Crippen LogP contribution in [0.3, 0.4) is 0 Å². The van der Waals surface area contributed by atoms with E-state index in [1.165, 1.54) is 23.2 Å². The normalized spacial score (nSPS) is 13.1. The van der Waals surface area contributed by atoms with Gasteiger partial charge in [-0.2, -0.15) is 0 Å². The zero-order valence-corrected chi connectivity index (χ0v) is 19.8. The van der Waals surface area contributed by atoms with Gasteiger partial charge in [0.15, 0.2) is 0 Å². The van der Waals surface area contributed by atoms with Crippen molar-refractivity contribution in [2.24, 2.45) is 0 Å². The Hall–Kier alpha value is -4.44. The lowest BCUT2D eigenvalue weighted by Gasteiger charge is -2.28. The number of carbonyl (C=O) groups is 3. The molecule has 10 heteroatoms. The van der Waals surface area contributed by atoms with Crippen LogP contribution in [-0.4, -0.2) is 67.5 Å². The van der Waals surface area contributed by atoms with Crippen LogP contribution in [0.4, 0.5) is 17.1 Å². The van der Waals surface area contributed by atoms with Crippen molar-refractivity contribution in [1.29, 1.82) is 0 Å². The maximum atomic E-state index is 12.7. The monoisotopic (exact) mass is 489 g/mol. The van der Waals surface area contributed by atoms with Gasteiger partial charge in [0, 0.05) is 55.0 Å². The van der Waals surface area contributed by atoms with Crippen LogP contribution in [0.15, 0.2) is 71.7 Å². The predicted molar refractivity (Wildman–Crippen MR) is 137 cm³/mol. The van der Waals surface area contributed by atoms with E-state index in [-0.39, 0.29) is 23.9 Å². The topological polar surface area (TPSA) is 124 Å². The molecule has 2 aromatic carbocycles. The molecule has 1 aromatic heterocycles. The van der Waals surface area contributed by atoms with Gasteiger partial charge in [-0.25, -0.2) is 0 Å². The molecule has 0 bridgehead atoms. The lowest BCUT2D eigenvalue weighted by molar-refractivity contribution is -0.116. The first-order valence-electron chi connectivity index (χ1n) is 11.5. The SMILES string of the molecule is CN(CC(=O)Nc1ccc(N2CCOCC2)cc1)C(=O)c1ccc(NC(=O)c2ccc(=O)[nH]c2)cc1. The fourth-order valence-electron chi connectivity index (χ4n) is 3.74. The van der Waals surface area contributed by atoms with Crippen LogP contribution >= 0.6 is 0 Å². The van der Waals surface area contributed by atoms with Crippen molar-refractivity contribution in [2.75, 3.05) is 55.4 Å². The molecule has 1 aliphatic heterocycles. The van der Waals surface area contributed by atoms with Crippen molar-refractivity contribution >= 4 is 34.8 Å². The molecule has 2 heterocycles. The smallest absolute Gasteiger partial charge is 0.257 e. The number of rotatable bonds is 7. The Balaban J connectivity index is 1.28. The second kappa shape index (κ2) is 11.3. The third-order valence-electron chi connectivity index (χ3n) is 5.69. The summed E-state index contributed by atoms with van der Waals surface area (Å²) in [5, 5.41) is 5.51. The summed E-state index contributed by atoms with van der Waals surface area (Å²) in [4.78, 5) is 54.6. The molecule has 3 N–H and O–H groups in total. The summed E-state index contributed by atoms with van der Waals surface area (Å²) in [6, 6.07) is 16.6. The minimum Gasteiger partial charge on any atom is -0.378 e. The van der Waals surface area contributed by atoms with Gasteiger partial charge in [-0.1, -0.05) is 0 Å². The molecule has 0 atom stereocenters. The molecular formula is C26H27N5O5. The summed E-state index contributed by atoms with van der Waals surface area (Å²) in [5.41, 5.74) is 2.60. The molecule has 0 saturated carbocycles. The second-order valence-corrected chi connectivity index (χ2v) is 8.33. The van der Waals surface area contributed by atoms with Crippen LogP contribution < -0.4 is 21.1 Å². The molecule has 0 spiro atoms. The Morgan fingerprint density at radius 1 is 0.889 bits per heavy atom. The van der Waals surface area contributed by atoms with Crippen LogP contribution in [-0.2, 0) is 9.53 Å². The number of ether oxygens (including phenoxy) is 1. The number of likely N-dealkylation sites (N-methyl/N-ethyl adjacent to an activating group) is 1. The minimum atomic E-state index is -0.392. The highest BCUT2D eigenvalue weighted by atomic mass is 16.5. The first kappa shape index (κ1) is 24.7. The van der Waals surface area contributed by atoms with E-state index in [1.54, 1.807) is 31.3 Å². The van der Waals surface area contributed by atoms with Crippen LogP contribution in [0.1, 0.15) is 20.7 Å². The van der Waals surface area contributed by atoms with Crippen molar-refractivity contribution < 1.29 is 19.1 Å². The summed E-state index contributed by atoms with van der Waals surface area (Å²) >= 11 is 0. The third-order valence-corrected chi connectivity index (χ3v) is 5.69. The lowest BCUT2D eigenvalue weighted by atomic mass is 10.1. The molecule has 3 amide bonds. The lowest BCUT2D eigenvalue weighted by Crippen LogP contribution is -2.36. The van der Waals surface area contributed by atoms with Gasteiger partial charge < -0.3 is 30.2 Å². The number of carbonyl (C=O) groups excluding carboxylic acids is 3. The average Bonchev–Trinajstić information content (AvgIpc) is 2.90. The Kier molecular flexibility index (Phi) is 7.76. The van der Waals surface area contributed by atoms with Crippen molar-refractivity contribution in [1.82, 2.24) is 9.88 Å². The largest absolute Gasteiger partial charge is 0.378 e. The highest BCUT2D eigenvalue weighted by Gasteiger charge is 2.16. The quantitative estimate of drug-likeness (QED) is 0.467. The number of aromatic nitrogens is 1. The summed E-state index contributed by atoms with van der Waals surface area (Å²) in [5.74, 6) is -1.03. The van der Waals surface area contributed by atoms with Gasteiger partial charge >= 0.3 is 0 Å². The van der Waals surface area contributed by atoms with Crippen molar-refractivity contribution in [3.8, 4) is 0 Å². The number of anilines is 3. The van der Waals surface area contributed by atoms with Crippen LogP contribution in [0, 0.1) is 0 Å². The number of benzene rings is 2. The number of amides is 3. The Morgan fingerprint density at radius 2 is 1.50 bits per heavy atom. The molecule has 0 unspecified atom stereocenters. The van der Waals surface area contributed by atoms with Gasteiger partial charge in [0.05, 0.1) is 25.3 Å². The van der Waals surface area contributed by atoms with E-state index in [1.807, 2.05) is 24.3 Å².